The summed E-state index contributed by atoms with van der Waals surface area (Å²) >= 11 is 0. The van der Waals surface area contributed by atoms with Crippen LogP contribution < -0.4 is 5.32 Å². The summed E-state index contributed by atoms with van der Waals surface area (Å²) < 4.78 is 32.2. The molecule has 4 nitrogen and oxygen atoms in total. The van der Waals surface area contributed by atoms with Gasteiger partial charge in [0.1, 0.15) is 11.6 Å². The summed E-state index contributed by atoms with van der Waals surface area (Å²) in [6.07, 6.45) is 3.91. The number of hydrogen-bond donors (Lipinski definition) is 1. The first-order valence-corrected chi connectivity index (χ1v) is 7.73. The number of hydrogen-bond acceptors (Lipinski definition) is 2. The normalized spacial score (nSPS) is 20.9. The highest BCUT2D eigenvalue weighted by Crippen LogP contribution is 2.29. The van der Waals surface area contributed by atoms with Crippen molar-refractivity contribution >= 4 is 6.03 Å². The van der Waals surface area contributed by atoms with E-state index in [0.29, 0.717) is 12.1 Å². The molecule has 1 aliphatic carbocycles. The highest BCUT2D eigenvalue weighted by Gasteiger charge is 2.33. The van der Waals surface area contributed by atoms with Crippen LogP contribution in [0.3, 0.4) is 0 Å². The maximum atomic E-state index is 13.8. The second-order valence-corrected chi connectivity index (χ2v) is 5.92. The number of nitrogens with zero attached hydrogens (tertiary/aromatic N) is 1. The lowest BCUT2D eigenvalue weighted by Gasteiger charge is -2.24. The Morgan fingerprint density at radius 1 is 1.32 bits per heavy atom. The van der Waals surface area contributed by atoms with Crippen molar-refractivity contribution < 1.29 is 18.3 Å². The summed E-state index contributed by atoms with van der Waals surface area (Å²) in [5.74, 6) is -1.22. The van der Waals surface area contributed by atoms with Gasteiger partial charge in [0.15, 0.2) is 0 Å². The number of nitrogens with one attached hydrogen (secondary N) is 1. The second-order valence-electron chi connectivity index (χ2n) is 5.92. The van der Waals surface area contributed by atoms with Crippen LogP contribution in [0.25, 0.3) is 0 Å². The van der Waals surface area contributed by atoms with Crippen LogP contribution in [0.4, 0.5) is 13.6 Å². The monoisotopic (exact) mass is 310 g/mol. The molecule has 1 saturated carbocycles. The summed E-state index contributed by atoms with van der Waals surface area (Å²) in [6, 6.07) is 3.40. The number of amides is 2. The molecule has 0 spiro atoms. The maximum Gasteiger partial charge on any atom is 0.318 e. The average molecular weight is 310 g/mol. The van der Waals surface area contributed by atoms with Gasteiger partial charge in [0.05, 0.1) is 12.6 Å². The van der Waals surface area contributed by atoms with Gasteiger partial charge in [0.25, 0.3) is 0 Å². The van der Waals surface area contributed by atoms with Crippen molar-refractivity contribution in [3.63, 3.8) is 0 Å². The molecule has 1 atom stereocenters. The van der Waals surface area contributed by atoms with Crippen LogP contribution in [0.1, 0.15) is 31.2 Å². The fraction of sp³-hybridized carbons (Fsp3) is 0.562. The first-order chi connectivity index (χ1) is 10.6. The number of carbonyl (C=O) groups excluding carboxylic acids is 1. The van der Waals surface area contributed by atoms with Gasteiger partial charge in [-0.1, -0.05) is 6.07 Å². The van der Waals surface area contributed by atoms with Crippen LogP contribution in [-0.4, -0.2) is 36.2 Å². The van der Waals surface area contributed by atoms with E-state index in [-0.39, 0.29) is 24.7 Å². The molecule has 3 rings (SSSR count). The standard InChI is InChI=1S/C16H20F2N2O2/c17-12-4-3-11(15(18)8-12)10-20(13-5-6-13)16(21)19-9-14-2-1-7-22-14/h3-4,8,13-14H,1-2,5-7,9-10H2,(H,19,21)/t14-/m1/s1. The lowest BCUT2D eigenvalue weighted by atomic mass is 10.2. The van der Waals surface area contributed by atoms with Crippen molar-refractivity contribution in [2.75, 3.05) is 13.2 Å². The Labute approximate surface area is 128 Å². The zero-order valence-electron chi connectivity index (χ0n) is 12.4. The molecular formula is C16H20F2N2O2. The van der Waals surface area contributed by atoms with Crippen molar-refractivity contribution in [2.24, 2.45) is 0 Å². The van der Waals surface area contributed by atoms with Crippen LogP contribution in [0.15, 0.2) is 18.2 Å². The minimum absolute atomic E-state index is 0.0764. The van der Waals surface area contributed by atoms with Gasteiger partial charge < -0.3 is 15.0 Å². The first kappa shape index (κ1) is 15.2. The molecule has 1 aromatic carbocycles. The Kier molecular flexibility index (Phi) is 4.57. The van der Waals surface area contributed by atoms with Crippen molar-refractivity contribution in [1.29, 1.82) is 0 Å². The van der Waals surface area contributed by atoms with Crippen molar-refractivity contribution in [2.45, 2.75) is 44.4 Å². The average Bonchev–Trinajstić information content (AvgIpc) is 3.19. The zero-order chi connectivity index (χ0) is 15.5. The minimum Gasteiger partial charge on any atom is -0.376 e. The molecular weight excluding hydrogens is 290 g/mol. The van der Waals surface area contributed by atoms with Gasteiger partial charge in [-0.3, -0.25) is 0 Å². The van der Waals surface area contributed by atoms with Crippen LogP contribution in [0.2, 0.25) is 0 Å². The largest absolute Gasteiger partial charge is 0.376 e. The molecule has 6 heteroatoms. The quantitative estimate of drug-likeness (QED) is 0.908. The lowest BCUT2D eigenvalue weighted by Crippen LogP contribution is -2.43. The van der Waals surface area contributed by atoms with E-state index >= 15 is 0 Å². The third-order valence-electron chi connectivity index (χ3n) is 4.11. The molecule has 0 unspecified atom stereocenters. The van der Waals surface area contributed by atoms with E-state index in [1.54, 1.807) is 4.90 Å². The Balaban J connectivity index is 1.60. The van der Waals surface area contributed by atoms with Crippen molar-refractivity contribution in [3.05, 3.63) is 35.4 Å². The van der Waals surface area contributed by atoms with Gasteiger partial charge in [0.2, 0.25) is 0 Å². The topological polar surface area (TPSA) is 41.6 Å². The molecule has 1 aliphatic heterocycles. The van der Waals surface area contributed by atoms with E-state index in [9.17, 15) is 13.6 Å². The van der Waals surface area contributed by atoms with E-state index in [0.717, 1.165) is 38.4 Å². The smallest absolute Gasteiger partial charge is 0.318 e. The van der Waals surface area contributed by atoms with E-state index in [2.05, 4.69) is 5.32 Å². The predicted molar refractivity (Wildman–Crippen MR) is 77.3 cm³/mol. The zero-order valence-corrected chi connectivity index (χ0v) is 12.4. The van der Waals surface area contributed by atoms with Gasteiger partial charge in [0, 0.05) is 30.8 Å². The molecule has 22 heavy (non-hydrogen) atoms. The number of carbonyl (C=O) groups is 1. The minimum atomic E-state index is -0.613. The van der Waals surface area contributed by atoms with Crippen LogP contribution >= 0.6 is 0 Å². The van der Waals surface area contributed by atoms with Crippen LogP contribution in [0.5, 0.6) is 0 Å². The third kappa shape index (κ3) is 3.74. The second kappa shape index (κ2) is 6.60. The number of rotatable bonds is 5. The third-order valence-corrected chi connectivity index (χ3v) is 4.11. The van der Waals surface area contributed by atoms with Crippen molar-refractivity contribution in [3.8, 4) is 0 Å². The van der Waals surface area contributed by atoms with Gasteiger partial charge >= 0.3 is 6.03 Å². The number of urea groups is 1. The fourth-order valence-corrected chi connectivity index (χ4v) is 2.69. The van der Waals surface area contributed by atoms with Crippen LogP contribution in [0, 0.1) is 11.6 Å². The fourth-order valence-electron chi connectivity index (χ4n) is 2.69. The number of benzene rings is 1. The molecule has 1 heterocycles. The molecule has 1 saturated heterocycles. The molecule has 2 amide bonds. The highest BCUT2D eigenvalue weighted by atomic mass is 19.1. The van der Waals surface area contributed by atoms with E-state index < -0.39 is 11.6 Å². The number of halogens is 2. The van der Waals surface area contributed by atoms with Gasteiger partial charge in [-0.2, -0.15) is 0 Å². The number of ether oxygens (including phenoxy) is 1. The molecule has 1 N–H and O–H groups in total. The molecule has 0 radical (unpaired) electrons. The Morgan fingerprint density at radius 3 is 2.77 bits per heavy atom. The van der Waals surface area contributed by atoms with Gasteiger partial charge in [-0.15, -0.1) is 0 Å². The molecule has 1 aromatic rings. The summed E-state index contributed by atoms with van der Waals surface area (Å²) in [4.78, 5) is 14.0. The van der Waals surface area contributed by atoms with Crippen LogP contribution in [-0.2, 0) is 11.3 Å². The Bertz CT molecular complexity index is 543. The maximum absolute atomic E-state index is 13.8. The van der Waals surface area contributed by atoms with E-state index in [4.69, 9.17) is 4.74 Å². The molecule has 2 fully saturated rings. The van der Waals surface area contributed by atoms with Gasteiger partial charge in [-0.25, -0.2) is 13.6 Å². The summed E-state index contributed by atoms with van der Waals surface area (Å²) in [5.41, 5.74) is 0.334. The molecule has 0 bridgehead atoms. The summed E-state index contributed by atoms with van der Waals surface area (Å²) in [6.45, 7) is 1.38. The lowest BCUT2D eigenvalue weighted by molar-refractivity contribution is 0.108. The van der Waals surface area contributed by atoms with E-state index in [1.807, 2.05) is 0 Å². The molecule has 2 aliphatic rings. The van der Waals surface area contributed by atoms with Crippen molar-refractivity contribution in [1.82, 2.24) is 10.2 Å². The Morgan fingerprint density at radius 2 is 2.14 bits per heavy atom. The van der Waals surface area contributed by atoms with E-state index in [1.165, 1.54) is 12.1 Å². The first-order valence-electron chi connectivity index (χ1n) is 7.73. The molecule has 0 aromatic heterocycles. The molecule has 120 valence electrons. The van der Waals surface area contributed by atoms with Gasteiger partial charge in [-0.05, 0) is 31.7 Å². The predicted octanol–water partition coefficient (Wildman–Crippen LogP) is 2.82. The SMILES string of the molecule is O=C(NC[C@H]1CCCO1)N(Cc1ccc(F)cc1F)C1CC1. The summed E-state index contributed by atoms with van der Waals surface area (Å²) in [5, 5.41) is 2.86. The highest BCUT2D eigenvalue weighted by molar-refractivity contribution is 5.75. The Hall–Kier alpha value is -1.69. The summed E-state index contributed by atoms with van der Waals surface area (Å²) in [7, 11) is 0.